The molecule has 110 valence electrons. The number of phenols is 1. The molecule has 0 aliphatic carbocycles. The second-order valence-corrected chi connectivity index (χ2v) is 5.08. The molecule has 2 rings (SSSR count). The van der Waals surface area contributed by atoms with E-state index in [0.717, 1.165) is 23.9 Å². The number of non-ortho nitro benzene ring substituents is 1. The molecule has 2 N–H and O–H groups in total. The predicted molar refractivity (Wildman–Crippen MR) is 78.4 cm³/mol. The van der Waals surface area contributed by atoms with Gasteiger partial charge in [-0.2, -0.15) is 5.10 Å². The number of hydrogen-bond acceptors (Lipinski definition) is 5. The maximum absolute atomic E-state index is 12.1. The molecule has 1 aromatic carbocycles. The zero-order valence-corrected chi connectivity index (χ0v) is 12.7. The van der Waals surface area contributed by atoms with Crippen LogP contribution in [0.2, 0.25) is 0 Å². The summed E-state index contributed by atoms with van der Waals surface area (Å²) in [5.41, 5.74) is 0.591. The third kappa shape index (κ3) is 2.87. The van der Waals surface area contributed by atoms with Gasteiger partial charge >= 0.3 is 0 Å². The van der Waals surface area contributed by atoms with Crippen LogP contribution in [-0.4, -0.2) is 25.7 Å². The normalized spacial score (nSPS) is 10.4. The Bertz CT molecular complexity index is 741. The number of carbonyl (C=O) groups excluding carboxylic acids is 1. The number of benzene rings is 1. The second kappa shape index (κ2) is 5.52. The number of nitrogens with one attached hydrogen (secondary N) is 1. The standard InChI is InChI=1S/C12H11BrN4O4/c1-6-10(13)11(15-16(6)2)12(19)14-8-5-7(17(20)21)3-4-9(8)18/h3-5,18H,1-2H3,(H,14,19). The Morgan fingerprint density at radius 1 is 1.52 bits per heavy atom. The molecule has 0 bridgehead atoms. The van der Waals surface area contributed by atoms with Crippen LogP contribution in [0, 0.1) is 17.0 Å². The van der Waals surface area contributed by atoms with Crippen molar-refractivity contribution in [2.24, 2.45) is 7.05 Å². The summed E-state index contributed by atoms with van der Waals surface area (Å²) in [5, 5.41) is 26.8. The molecule has 0 unspecified atom stereocenters. The van der Waals surface area contributed by atoms with Crippen LogP contribution in [0.3, 0.4) is 0 Å². The molecule has 1 heterocycles. The number of aromatic hydroxyl groups is 1. The van der Waals surface area contributed by atoms with Crippen molar-refractivity contribution in [3.63, 3.8) is 0 Å². The van der Waals surface area contributed by atoms with Crippen LogP contribution in [-0.2, 0) is 7.05 Å². The third-order valence-electron chi connectivity index (χ3n) is 2.92. The van der Waals surface area contributed by atoms with Crippen molar-refractivity contribution >= 4 is 33.2 Å². The fourth-order valence-electron chi connectivity index (χ4n) is 1.65. The maximum Gasteiger partial charge on any atom is 0.277 e. The number of nitro benzene ring substituents is 1. The lowest BCUT2D eigenvalue weighted by molar-refractivity contribution is -0.384. The summed E-state index contributed by atoms with van der Waals surface area (Å²) in [6.07, 6.45) is 0. The molecular formula is C12H11BrN4O4. The first-order valence-corrected chi connectivity index (χ1v) is 6.58. The van der Waals surface area contributed by atoms with Gasteiger partial charge in [-0.1, -0.05) is 0 Å². The minimum absolute atomic E-state index is 0.0515. The van der Waals surface area contributed by atoms with Gasteiger partial charge in [0.15, 0.2) is 5.69 Å². The van der Waals surface area contributed by atoms with Crippen molar-refractivity contribution < 1.29 is 14.8 Å². The molecule has 21 heavy (non-hydrogen) atoms. The van der Waals surface area contributed by atoms with Gasteiger partial charge in [-0.25, -0.2) is 0 Å². The average Bonchev–Trinajstić information content (AvgIpc) is 2.68. The van der Waals surface area contributed by atoms with Crippen molar-refractivity contribution in [2.75, 3.05) is 5.32 Å². The maximum atomic E-state index is 12.1. The molecule has 0 spiro atoms. The lowest BCUT2D eigenvalue weighted by Crippen LogP contribution is -2.13. The Hall–Kier alpha value is -2.42. The Kier molecular flexibility index (Phi) is 3.94. The molecule has 0 aliphatic heterocycles. The Balaban J connectivity index is 2.33. The summed E-state index contributed by atoms with van der Waals surface area (Å²) in [6.45, 7) is 1.78. The smallest absolute Gasteiger partial charge is 0.277 e. The van der Waals surface area contributed by atoms with Gasteiger partial charge < -0.3 is 10.4 Å². The van der Waals surface area contributed by atoms with Crippen LogP contribution in [0.25, 0.3) is 0 Å². The molecule has 0 aliphatic rings. The molecule has 0 saturated heterocycles. The molecule has 0 atom stereocenters. The average molecular weight is 355 g/mol. The topological polar surface area (TPSA) is 110 Å². The number of carbonyl (C=O) groups is 1. The Morgan fingerprint density at radius 2 is 2.19 bits per heavy atom. The van der Waals surface area contributed by atoms with E-state index in [-0.39, 0.29) is 22.8 Å². The van der Waals surface area contributed by atoms with Gasteiger partial charge in [0.2, 0.25) is 0 Å². The highest BCUT2D eigenvalue weighted by Gasteiger charge is 2.20. The van der Waals surface area contributed by atoms with Gasteiger partial charge in [0.1, 0.15) is 5.75 Å². The number of phenolic OH excluding ortho intramolecular Hbond substituents is 1. The lowest BCUT2D eigenvalue weighted by atomic mass is 10.2. The van der Waals surface area contributed by atoms with E-state index in [0.29, 0.717) is 4.47 Å². The monoisotopic (exact) mass is 354 g/mol. The number of anilines is 1. The van der Waals surface area contributed by atoms with Crippen molar-refractivity contribution in [3.05, 3.63) is 44.2 Å². The van der Waals surface area contributed by atoms with E-state index < -0.39 is 10.8 Å². The molecule has 8 nitrogen and oxygen atoms in total. The van der Waals surface area contributed by atoms with E-state index in [4.69, 9.17) is 0 Å². The minimum Gasteiger partial charge on any atom is -0.506 e. The number of rotatable bonds is 3. The van der Waals surface area contributed by atoms with Crippen LogP contribution < -0.4 is 5.32 Å². The lowest BCUT2D eigenvalue weighted by Gasteiger charge is -2.05. The summed E-state index contributed by atoms with van der Waals surface area (Å²) < 4.78 is 2.04. The van der Waals surface area contributed by atoms with Gasteiger partial charge in [0.05, 0.1) is 20.8 Å². The number of halogens is 1. The van der Waals surface area contributed by atoms with Crippen LogP contribution in [0.15, 0.2) is 22.7 Å². The first-order valence-electron chi connectivity index (χ1n) is 5.79. The summed E-state index contributed by atoms with van der Waals surface area (Å²) in [6, 6.07) is 3.37. The first-order chi connectivity index (χ1) is 9.81. The number of amides is 1. The van der Waals surface area contributed by atoms with Gasteiger partial charge in [0, 0.05) is 19.2 Å². The highest BCUT2D eigenvalue weighted by molar-refractivity contribution is 9.10. The molecule has 2 aromatic rings. The predicted octanol–water partition coefficient (Wildman–Crippen LogP) is 2.36. The summed E-state index contributed by atoms with van der Waals surface area (Å²) >= 11 is 3.26. The van der Waals surface area contributed by atoms with Crippen LogP contribution in [0.5, 0.6) is 5.75 Å². The number of nitrogens with zero attached hydrogens (tertiary/aromatic N) is 3. The highest BCUT2D eigenvalue weighted by atomic mass is 79.9. The zero-order valence-electron chi connectivity index (χ0n) is 11.1. The second-order valence-electron chi connectivity index (χ2n) is 4.28. The van der Waals surface area contributed by atoms with Gasteiger partial charge in [-0.05, 0) is 28.9 Å². The van der Waals surface area contributed by atoms with Crippen LogP contribution in [0.1, 0.15) is 16.2 Å². The molecule has 0 fully saturated rings. The summed E-state index contributed by atoms with van der Waals surface area (Å²) in [7, 11) is 1.68. The van der Waals surface area contributed by atoms with E-state index in [1.807, 2.05) is 0 Å². The number of hydrogen-bond donors (Lipinski definition) is 2. The minimum atomic E-state index is -0.615. The SMILES string of the molecule is Cc1c(Br)c(C(=O)Nc2cc([N+](=O)[O-])ccc2O)nn1C. The van der Waals surface area contributed by atoms with Crippen molar-refractivity contribution in [1.82, 2.24) is 9.78 Å². The molecular weight excluding hydrogens is 344 g/mol. The zero-order chi connectivity index (χ0) is 15.7. The van der Waals surface area contributed by atoms with E-state index >= 15 is 0 Å². The summed E-state index contributed by atoms with van der Waals surface area (Å²) in [4.78, 5) is 22.2. The van der Waals surface area contributed by atoms with Gasteiger partial charge in [-0.15, -0.1) is 0 Å². The first kappa shape index (κ1) is 15.0. The molecule has 1 amide bonds. The van der Waals surface area contributed by atoms with E-state index in [2.05, 4.69) is 26.3 Å². The summed E-state index contributed by atoms with van der Waals surface area (Å²) in [5.74, 6) is -0.848. The van der Waals surface area contributed by atoms with Gasteiger partial charge in [0.25, 0.3) is 11.6 Å². The van der Waals surface area contributed by atoms with Crippen molar-refractivity contribution in [2.45, 2.75) is 6.92 Å². The largest absolute Gasteiger partial charge is 0.506 e. The fraction of sp³-hybridized carbons (Fsp3) is 0.167. The van der Waals surface area contributed by atoms with Crippen molar-refractivity contribution in [3.8, 4) is 5.75 Å². The Labute approximate surface area is 127 Å². The quantitative estimate of drug-likeness (QED) is 0.499. The molecule has 0 saturated carbocycles. The number of aryl methyl sites for hydroxylation is 1. The van der Waals surface area contributed by atoms with Gasteiger partial charge in [-0.3, -0.25) is 19.6 Å². The van der Waals surface area contributed by atoms with E-state index in [1.54, 1.807) is 14.0 Å². The highest BCUT2D eigenvalue weighted by Crippen LogP contribution is 2.29. The molecule has 0 radical (unpaired) electrons. The Morgan fingerprint density at radius 3 is 2.71 bits per heavy atom. The number of nitro groups is 1. The van der Waals surface area contributed by atoms with Crippen LogP contribution in [0.4, 0.5) is 11.4 Å². The number of aromatic nitrogens is 2. The van der Waals surface area contributed by atoms with Crippen LogP contribution >= 0.6 is 15.9 Å². The fourth-order valence-corrected chi connectivity index (χ4v) is 2.16. The van der Waals surface area contributed by atoms with Crippen molar-refractivity contribution in [1.29, 1.82) is 0 Å². The molecule has 1 aromatic heterocycles. The van der Waals surface area contributed by atoms with E-state index in [9.17, 15) is 20.0 Å². The third-order valence-corrected chi connectivity index (χ3v) is 3.86. The molecule has 9 heteroatoms. The van der Waals surface area contributed by atoms with E-state index in [1.165, 1.54) is 4.68 Å².